The second-order valence-electron chi connectivity index (χ2n) is 4.33. The molecule has 4 nitrogen and oxygen atoms in total. The van der Waals surface area contributed by atoms with Gasteiger partial charge in [-0.2, -0.15) is 0 Å². The minimum atomic E-state index is -3.52. The molecule has 0 aliphatic rings. The summed E-state index contributed by atoms with van der Waals surface area (Å²) in [4.78, 5) is 3.31. The van der Waals surface area contributed by atoms with Crippen molar-refractivity contribution in [2.75, 3.05) is 0 Å². The van der Waals surface area contributed by atoms with Gasteiger partial charge in [-0.05, 0) is 47.5 Å². The lowest BCUT2D eigenvalue weighted by atomic mass is 10.3. The highest BCUT2D eigenvalue weighted by atomic mass is 79.9. The van der Waals surface area contributed by atoms with Crippen LogP contribution in [0.25, 0.3) is 0 Å². The molecule has 0 bridgehead atoms. The zero-order valence-corrected chi connectivity index (χ0v) is 15.1. The molecule has 3 N–H and O–H groups in total. The molecule has 0 saturated heterocycles. The number of sulfonamides is 1. The molecule has 0 fully saturated rings. The Kier molecular flexibility index (Phi) is 5.04. The summed E-state index contributed by atoms with van der Waals surface area (Å²) in [5, 5.41) is 0. The van der Waals surface area contributed by atoms with Crippen molar-refractivity contribution < 1.29 is 8.42 Å². The van der Waals surface area contributed by atoms with E-state index in [0.29, 0.717) is 16.9 Å². The van der Waals surface area contributed by atoms with Gasteiger partial charge in [-0.3, -0.25) is 0 Å². The molecule has 2 aromatic rings. The number of thiophene rings is 2. The van der Waals surface area contributed by atoms with Gasteiger partial charge in [-0.1, -0.05) is 0 Å². The largest absolute Gasteiger partial charge is 0.326 e. The molecular weight excluding hydrogens is 380 g/mol. The van der Waals surface area contributed by atoms with E-state index < -0.39 is 10.0 Å². The number of hydrogen-bond acceptors (Lipinski definition) is 5. The van der Waals surface area contributed by atoms with E-state index in [4.69, 9.17) is 5.73 Å². The quantitative estimate of drug-likeness (QED) is 0.817. The molecule has 8 heteroatoms. The summed E-state index contributed by atoms with van der Waals surface area (Å²) in [6, 6.07) is 3.62. The van der Waals surface area contributed by atoms with Gasteiger partial charge in [0.25, 0.3) is 0 Å². The molecule has 0 saturated carbocycles. The summed E-state index contributed by atoms with van der Waals surface area (Å²) in [7, 11) is -3.52. The highest BCUT2D eigenvalue weighted by molar-refractivity contribution is 9.11. The number of nitrogens with one attached hydrogen (secondary N) is 1. The molecule has 2 heterocycles. The Bertz CT molecular complexity index is 700. The van der Waals surface area contributed by atoms with Gasteiger partial charge >= 0.3 is 0 Å². The molecule has 0 spiro atoms. The monoisotopic (exact) mass is 394 g/mol. The van der Waals surface area contributed by atoms with Crippen LogP contribution in [0.4, 0.5) is 0 Å². The second kappa shape index (κ2) is 6.25. The average Bonchev–Trinajstić information content (AvgIpc) is 2.91. The molecule has 2 rings (SSSR count). The van der Waals surface area contributed by atoms with Crippen LogP contribution in [0.1, 0.15) is 20.2 Å². The molecule has 0 aliphatic heterocycles. The maximum absolute atomic E-state index is 12.3. The first kappa shape index (κ1) is 16.1. The maximum Gasteiger partial charge on any atom is 0.242 e. The Morgan fingerprint density at radius 2 is 1.95 bits per heavy atom. The van der Waals surface area contributed by atoms with Crippen LogP contribution in [0.5, 0.6) is 0 Å². The van der Waals surface area contributed by atoms with Crippen LogP contribution in [-0.4, -0.2) is 8.42 Å². The zero-order chi connectivity index (χ0) is 14.9. The zero-order valence-electron chi connectivity index (χ0n) is 11.1. The first-order valence-electron chi connectivity index (χ1n) is 5.87. The summed E-state index contributed by atoms with van der Waals surface area (Å²) in [5.41, 5.74) is 6.72. The third kappa shape index (κ3) is 3.49. The third-order valence-corrected chi connectivity index (χ3v) is 7.68. The van der Waals surface area contributed by atoms with Gasteiger partial charge in [0, 0.05) is 27.7 Å². The van der Waals surface area contributed by atoms with Gasteiger partial charge in [0.2, 0.25) is 10.0 Å². The van der Waals surface area contributed by atoms with E-state index in [2.05, 4.69) is 20.7 Å². The predicted molar refractivity (Wildman–Crippen MR) is 87.7 cm³/mol. The van der Waals surface area contributed by atoms with Crippen molar-refractivity contribution in [3.8, 4) is 0 Å². The minimum Gasteiger partial charge on any atom is -0.326 e. The Hall–Kier alpha value is -0.250. The fraction of sp³-hybridized carbons (Fsp3) is 0.333. The van der Waals surface area contributed by atoms with E-state index >= 15 is 0 Å². The lowest BCUT2D eigenvalue weighted by Gasteiger charge is -2.04. The minimum absolute atomic E-state index is 0.257. The molecule has 110 valence electrons. The summed E-state index contributed by atoms with van der Waals surface area (Å²) < 4.78 is 27.8. The van der Waals surface area contributed by atoms with E-state index in [-0.39, 0.29) is 4.90 Å². The van der Waals surface area contributed by atoms with Crippen molar-refractivity contribution >= 4 is 48.6 Å². The highest BCUT2D eigenvalue weighted by Crippen LogP contribution is 2.31. The molecule has 2 aromatic heterocycles. The fourth-order valence-electron chi connectivity index (χ4n) is 1.66. The topological polar surface area (TPSA) is 72.2 Å². The molecule has 0 radical (unpaired) electrons. The number of rotatable bonds is 5. The Labute approximate surface area is 135 Å². The molecule has 0 aliphatic carbocycles. The normalized spacial score (nSPS) is 12.0. The van der Waals surface area contributed by atoms with Gasteiger partial charge in [-0.15, -0.1) is 22.7 Å². The highest BCUT2D eigenvalue weighted by Gasteiger charge is 2.20. The molecule has 0 unspecified atom stereocenters. The lowest BCUT2D eigenvalue weighted by Crippen LogP contribution is -2.22. The van der Waals surface area contributed by atoms with Crippen LogP contribution in [0.15, 0.2) is 20.8 Å². The van der Waals surface area contributed by atoms with Crippen LogP contribution in [0.3, 0.4) is 0 Å². The van der Waals surface area contributed by atoms with E-state index in [0.717, 1.165) is 9.75 Å². The molecular formula is C12H15BrN2O2S3. The van der Waals surface area contributed by atoms with E-state index in [9.17, 15) is 8.42 Å². The smallest absolute Gasteiger partial charge is 0.242 e. The average molecular weight is 395 g/mol. The van der Waals surface area contributed by atoms with Crippen LogP contribution in [0, 0.1) is 13.8 Å². The number of halogens is 1. The van der Waals surface area contributed by atoms with Gasteiger partial charge in [0.1, 0.15) is 4.90 Å². The fourth-order valence-corrected chi connectivity index (χ4v) is 6.31. The third-order valence-electron chi connectivity index (χ3n) is 2.85. The Morgan fingerprint density at radius 1 is 1.25 bits per heavy atom. The summed E-state index contributed by atoms with van der Waals surface area (Å²) in [5.74, 6) is 0. The summed E-state index contributed by atoms with van der Waals surface area (Å²) in [6.45, 7) is 4.69. The Balaban J connectivity index is 2.16. The molecule has 0 aromatic carbocycles. The van der Waals surface area contributed by atoms with E-state index in [1.54, 1.807) is 17.4 Å². The maximum atomic E-state index is 12.3. The molecule has 20 heavy (non-hydrogen) atoms. The van der Waals surface area contributed by atoms with Crippen LogP contribution >= 0.6 is 38.6 Å². The van der Waals surface area contributed by atoms with Crippen LogP contribution in [-0.2, 0) is 23.1 Å². The van der Waals surface area contributed by atoms with Crippen molar-refractivity contribution in [2.45, 2.75) is 31.8 Å². The van der Waals surface area contributed by atoms with Crippen molar-refractivity contribution in [1.82, 2.24) is 4.72 Å². The second-order valence-corrected chi connectivity index (χ2v) is 9.86. The van der Waals surface area contributed by atoms with Crippen molar-refractivity contribution in [3.05, 3.63) is 36.1 Å². The summed E-state index contributed by atoms with van der Waals surface area (Å²) >= 11 is 6.23. The molecule has 0 atom stereocenters. The number of hydrogen-bond donors (Lipinski definition) is 2. The first-order valence-corrected chi connectivity index (χ1v) is 9.78. The van der Waals surface area contributed by atoms with Gasteiger partial charge in [-0.25, -0.2) is 13.1 Å². The Morgan fingerprint density at radius 3 is 2.45 bits per heavy atom. The lowest BCUT2D eigenvalue weighted by molar-refractivity contribution is 0.581. The standard InChI is InChI=1S/C12H15BrN2O2S3/c1-7-3-10(18-8(7)2)6-15-20(16,17)11-4-9(5-14)19-12(11)13/h3-4,15H,5-6,14H2,1-2H3. The van der Waals surface area contributed by atoms with Crippen molar-refractivity contribution in [1.29, 1.82) is 0 Å². The van der Waals surface area contributed by atoms with Crippen molar-refractivity contribution in [3.63, 3.8) is 0 Å². The van der Waals surface area contributed by atoms with Crippen molar-refractivity contribution in [2.24, 2.45) is 5.73 Å². The number of aryl methyl sites for hydroxylation is 2. The first-order chi connectivity index (χ1) is 9.33. The van der Waals surface area contributed by atoms with Crippen LogP contribution in [0.2, 0.25) is 0 Å². The number of nitrogens with two attached hydrogens (primary N) is 1. The summed E-state index contributed by atoms with van der Waals surface area (Å²) in [6.07, 6.45) is 0. The van der Waals surface area contributed by atoms with E-state index in [1.807, 2.05) is 19.9 Å². The van der Waals surface area contributed by atoms with Gasteiger partial charge in [0.05, 0.1) is 3.79 Å². The van der Waals surface area contributed by atoms with Gasteiger partial charge < -0.3 is 5.73 Å². The van der Waals surface area contributed by atoms with Crippen LogP contribution < -0.4 is 10.5 Å². The SMILES string of the molecule is Cc1cc(CNS(=O)(=O)c2cc(CN)sc2Br)sc1C. The predicted octanol–water partition coefficient (Wildman–Crippen LogP) is 3.13. The van der Waals surface area contributed by atoms with E-state index in [1.165, 1.54) is 21.8 Å². The molecule has 0 amide bonds. The van der Waals surface area contributed by atoms with Gasteiger partial charge in [0.15, 0.2) is 0 Å².